The van der Waals surface area contributed by atoms with Gasteiger partial charge in [0, 0.05) is 0 Å². The van der Waals surface area contributed by atoms with E-state index in [-0.39, 0.29) is 11.7 Å². The van der Waals surface area contributed by atoms with Gasteiger partial charge < -0.3 is 0 Å². The smallest absolute Gasteiger partial charge is 0.126 e. The second-order valence-electron chi connectivity index (χ2n) is 5.30. The minimum atomic E-state index is -0.312. The molecule has 2 heteroatoms. The first kappa shape index (κ1) is 14.3. The molecule has 0 aliphatic heterocycles. The van der Waals surface area contributed by atoms with Crippen LogP contribution in [0, 0.1) is 17.1 Å². The van der Waals surface area contributed by atoms with E-state index in [4.69, 9.17) is 0 Å². The van der Waals surface area contributed by atoms with E-state index in [1.165, 1.54) is 11.6 Å². The Morgan fingerprint density at radius 1 is 1.00 bits per heavy atom. The summed E-state index contributed by atoms with van der Waals surface area (Å²) in [6.45, 7) is 4.27. The zero-order chi connectivity index (χ0) is 14.5. The van der Waals surface area contributed by atoms with Crippen LogP contribution in [0.4, 0.5) is 4.39 Å². The van der Waals surface area contributed by atoms with Crippen LogP contribution in [0.5, 0.6) is 0 Å². The Labute approximate surface area is 119 Å². The van der Waals surface area contributed by atoms with Crippen molar-refractivity contribution in [3.63, 3.8) is 0 Å². The largest absolute Gasteiger partial charge is 0.207 e. The van der Waals surface area contributed by atoms with Crippen molar-refractivity contribution in [1.82, 2.24) is 0 Å². The maximum absolute atomic E-state index is 13.7. The lowest BCUT2D eigenvalue weighted by Crippen LogP contribution is -2.02. The normalized spacial score (nSPS) is 12.2. The van der Waals surface area contributed by atoms with Crippen molar-refractivity contribution in [2.24, 2.45) is 0 Å². The van der Waals surface area contributed by atoms with Gasteiger partial charge in [0.05, 0.1) is 12.0 Å². The van der Waals surface area contributed by atoms with E-state index in [1.54, 1.807) is 18.2 Å². The summed E-state index contributed by atoms with van der Waals surface area (Å²) >= 11 is 0. The molecule has 0 radical (unpaired) electrons. The molecular formula is C18H18FN. The molecule has 2 rings (SSSR count). The van der Waals surface area contributed by atoms with E-state index in [2.05, 4.69) is 19.9 Å². The molecule has 0 saturated carbocycles. The van der Waals surface area contributed by atoms with Crippen molar-refractivity contribution >= 4 is 0 Å². The molecule has 102 valence electrons. The van der Waals surface area contributed by atoms with Gasteiger partial charge in [-0.2, -0.15) is 5.26 Å². The van der Waals surface area contributed by atoms with Gasteiger partial charge in [-0.15, -0.1) is 0 Å². The molecule has 0 saturated heterocycles. The number of nitriles is 1. The third-order valence-corrected chi connectivity index (χ3v) is 3.54. The van der Waals surface area contributed by atoms with E-state index in [0.29, 0.717) is 17.9 Å². The predicted octanol–water partition coefficient (Wildman–Crippen LogP) is 4.80. The number of hydrogen-bond donors (Lipinski definition) is 0. The number of nitrogens with zero attached hydrogens (tertiary/aromatic N) is 1. The van der Waals surface area contributed by atoms with Gasteiger partial charge in [0.15, 0.2) is 0 Å². The molecule has 1 atom stereocenters. The highest BCUT2D eigenvalue weighted by Gasteiger charge is 2.14. The predicted molar refractivity (Wildman–Crippen MR) is 79.0 cm³/mol. The van der Waals surface area contributed by atoms with Crippen molar-refractivity contribution in [3.8, 4) is 6.07 Å². The Balaban J connectivity index is 2.21. The van der Waals surface area contributed by atoms with Crippen LogP contribution in [-0.4, -0.2) is 0 Å². The fraction of sp³-hybridized carbons (Fsp3) is 0.278. The maximum atomic E-state index is 13.7. The Bertz CT molecular complexity index is 608. The summed E-state index contributed by atoms with van der Waals surface area (Å²) in [5.74, 6) is -0.0872. The SMILES string of the molecule is CC(C)c1ccc(C(C#N)Cc2ccccc2F)cc1. The van der Waals surface area contributed by atoms with Crippen molar-refractivity contribution in [3.05, 3.63) is 71.0 Å². The van der Waals surface area contributed by atoms with Crippen LogP contribution in [0.15, 0.2) is 48.5 Å². The summed E-state index contributed by atoms with van der Waals surface area (Å²) in [4.78, 5) is 0. The Morgan fingerprint density at radius 3 is 2.15 bits per heavy atom. The van der Waals surface area contributed by atoms with Crippen LogP contribution in [0.1, 0.15) is 42.4 Å². The standard InChI is InChI=1S/C18H18FN/c1-13(2)14-7-9-15(10-8-14)17(12-20)11-16-5-3-4-6-18(16)19/h3-10,13,17H,11H2,1-2H3. The van der Waals surface area contributed by atoms with Crippen LogP contribution in [0.2, 0.25) is 0 Å². The highest BCUT2D eigenvalue weighted by atomic mass is 19.1. The summed E-state index contributed by atoms with van der Waals surface area (Å²) < 4.78 is 13.7. The average Bonchev–Trinajstić information content (AvgIpc) is 2.46. The minimum Gasteiger partial charge on any atom is -0.207 e. The Kier molecular flexibility index (Phi) is 4.53. The quantitative estimate of drug-likeness (QED) is 0.780. The van der Waals surface area contributed by atoms with Gasteiger partial charge in [-0.25, -0.2) is 4.39 Å². The van der Waals surface area contributed by atoms with Crippen molar-refractivity contribution in [2.75, 3.05) is 0 Å². The number of halogens is 1. The van der Waals surface area contributed by atoms with Crippen molar-refractivity contribution < 1.29 is 4.39 Å². The molecule has 2 aromatic carbocycles. The Morgan fingerprint density at radius 2 is 1.60 bits per heavy atom. The van der Waals surface area contributed by atoms with Crippen LogP contribution in [0.25, 0.3) is 0 Å². The summed E-state index contributed by atoms with van der Waals surface area (Å²) in [5.41, 5.74) is 2.78. The first-order valence-corrected chi connectivity index (χ1v) is 6.84. The van der Waals surface area contributed by atoms with E-state index in [1.807, 2.05) is 24.3 Å². The van der Waals surface area contributed by atoms with E-state index >= 15 is 0 Å². The van der Waals surface area contributed by atoms with Crippen LogP contribution < -0.4 is 0 Å². The first-order chi connectivity index (χ1) is 9.61. The lowest BCUT2D eigenvalue weighted by atomic mass is 9.91. The molecule has 0 aromatic heterocycles. The van der Waals surface area contributed by atoms with Crippen LogP contribution >= 0.6 is 0 Å². The second kappa shape index (κ2) is 6.34. The molecule has 0 aliphatic rings. The maximum Gasteiger partial charge on any atom is 0.126 e. The molecule has 20 heavy (non-hydrogen) atoms. The summed E-state index contributed by atoms with van der Waals surface area (Å²) in [6, 6.07) is 17.0. The van der Waals surface area contributed by atoms with Crippen molar-refractivity contribution in [1.29, 1.82) is 5.26 Å². The van der Waals surface area contributed by atoms with Gasteiger partial charge >= 0.3 is 0 Å². The van der Waals surface area contributed by atoms with Crippen molar-refractivity contribution in [2.45, 2.75) is 32.1 Å². The van der Waals surface area contributed by atoms with Crippen LogP contribution in [-0.2, 0) is 6.42 Å². The third-order valence-electron chi connectivity index (χ3n) is 3.54. The van der Waals surface area contributed by atoms with E-state index in [0.717, 1.165) is 5.56 Å². The van der Waals surface area contributed by atoms with Gasteiger partial charge in [-0.05, 0) is 35.1 Å². The minimum absolute atomic E-state index is 0.244. The lowest BCUT2D eigenvalue weighted by Gasteiger charge is -2.12. The molecule has 2 aromatic rings. The number of benzene rings is 2. The molecule has 0 bridgehead atoms. The molecule has 0 heterocycles. The van der Waals surface area contributed by atoms with Gasteiger partial charge in [0.1, 0.15) is 5.82 Å². The topological polar surface area (TPSA) is 23.8 Å². The molecule has 1 nitrogen and oxygen atoms in total. The molecular weight excluding hydrogens is 249 g/mol. The van der Waals surface area contributed by atoms with Crippen LogP contribution in [0.3, 0.4) is 0 Å². The monoisotopic (exact) mass is 267 g/mol. The molecule has 1 unspecified atom stereocenters. The molecule has 0 spiro atoms. The van der Waals surface area contributed by atoms with Gasteiger partial charge in [0.2, 0.25) is 0 Å². The molecule has 0 fully saturated rings. The summed E-state index contributed by atoms with van der Waals surface area (Å²) in [7, 11) is 0. The second-order valence-corrected chi connectivity index (χ2v) is 5.30. The number of hydrogen-bond acceptors (Lipinski definition) is 1. The summed E-state index contributed by atoms with van der Waals surface area (Å²) in [5, 5.41) is 9.34. The fourth-order valence-electron chi connectivity index (χ4n) is 2.24. The van der Waals surface area contributed by atoms with Gasteiger partial charge in [-0.3, -0.25) is 0 Å². The van der Waals surface area contributed by atoms with E-state index in [9.17, 15) is 9.65 Å². The molecule has 0 amide bonds. The molecule has 0 aliphatic carbocycles. The lowest BCUT2D eigenvalue weighted by molar-refractivity contribution is 0.604. The fourth-order valence-corrected chi connectivity index (χ4v) is 2.24. The van der Waals surface area contributed by atoms with Gasteiger partial charge in [-0.1, -0.05) is 56.3 Å². The van der Waals surface area contributed by atoms with Gasteiger partial charge in [0.25, 0.3) is 0 Å². The highest BCUT2D eigenvalue weighted by molar-refractivity contribution is 5.32. The zero-order valence-corrected chi connectivity index (χ0v) is 11.8. The number of rotatable bonds is 4. The Hall–Kier alpha value is -2.14. The summed E-state index contributed by atoms with van der Waals surface area (Å²) in [6.07, 6.45) is 0.407. The third kappa shape index (κ3) is 3.24. The average molecular weight is 267 g/mol. The first-order valence-electron chi connectivity index (χ1n) is 6.84. The zero-order valence-electron chi connectivity index (χ0n) is 11.8. The molecule has 0 N–H and O–H groups in total. The van der Waals surface area contributed by atoms with E-state index < -0.39 is 0 Å². The highest BCUT2D eigenvalue weighted by Crippen LogP contribution is 2.24.